The van der Waals surface area contributed by atoms with E-state index >= 15 is 0 Å². The number of nitriles is 1. The first-order chi connectivity index (χ1) is 17.9. The molecule has 2 fully saturated rings. The van der Waals surface area contributed by atoms with Crippen LogP contribution in [0.4, 0.5) is 11.5 Å². The van der Waals surface area contributed by atoms with Gasteiger partial charge in [0.15, 0.2) is 5.78 Å². The van der Waals surface area contributed by atoms with Crippen molar-refractivity contribution < 1.29 is 9.59 Å². The Morgan fingerprint density at radius 3 is 2.81 bits per heavy atom. The maximum Gasteiger partial charge on any atom is 0.275 e. The van der Waals surface area contributed by atoms with Crippen molar-refractivity contribution in [1.29, 1.82) is 5.26 Å². The quantitative estimate of drug-likeness (QED) is 0.547. The number of amides is 1. The smallest absolute Gasteiger partial charge is 0.275 e. The minimum Gasteiger partial charge on any atom is -0.340 e. The first-order valence-electron chi connectivity index (χ1n) is 12.5. The number of thiophene rings is 1. The number of rotatable bonds is 3. The molecule has 9 nitrogen and oxygen atoms in total. The molecular weight excluding hydrogens is 508 g/mol. The molecule has 188 valence electrons. The number of hydrogen-bond acceptors (Lipinski definition) is 9. The molecule has 37 heavy (non-hydrogen) atoms. The molecule has 0 saturated carbocycles. The molecule has 11 heteroatoms. The number of anilines is 2. The van der Waals surface area contributed by atoms with E-state index in [1.54, 1.807) is 38.6 Å². The van der Waals surface area contributed by atoms with Crippen molar-refractivity contribution >= 4 is 56.5 Å². The molecule has 0 unspecified atom stereocenters. The summed E-state index contributed by atoms with van der Waals surface area (Å²) in [6.45, 7) is 2.95. The third-order valence-electron chi connectivity index (χ3n) is 8.18. The predicted molar refractivity (Wildman–Crippen MR) is 142 cm³/mol. The molecule has 1 N–H and O–H groups in total. The van der Waals surface area contributed by atoms with E-state index in [4.69, 9.17) is 5.26 Å². The summed E-state index contributed by atoms with van der Waals surface area (Å²) < 4.78 is 1.73. The Labute approximate surface area is 220 Å². The normalized spacial score (nSPS) is 21.8. The van der Waals surface area contributed by atoms with Crippen LogP contribution < -0.4 is 10.9 Å². The van der Waals surface area contributed by atoms with Gasteiger partial charge in [0.05, 0.1) is 28.6 Å². The predicted octanol–water partition coefficient (Wildman–Crippen LogP) is 3.02. The molecule has 0 bridgehead atoms. The van der Waals surface area contributed by atoms with Crippen LogP contribution in [0.2, 0.25) is 0 Å². The van der Waals surface area contributed by atoms with Crippen molar-refractivity contribution in [3.05, 3.63) is 44.4 Å². The number of carbonyl (C=O) groups is 2. The van der Waals surface area contributed by atoms with Gasteiger partial charge in [-0.25, -0.2) is 9.97 Å². The lowest BCUT2D eigenvalue weighted by Gasteiger charge is -2.39. The van der Waals surface area contributed by atoms with Gasteiger partial charge in [-0.1, -0.05) is 0 Å². The topological polar surface area (TPSA) is 121 Å². The second kappa shape index (κ2) is 8.13. The number of nitrogens with zero attached hydrogens (tertiary/aromatic N) is 5. The Morgan fingerprint density at radius 1 is 1.27 bits per heavy atom. The number of hydrogen-bond donors (Lipinski definition) is 1. The fourth-order valence-electron chi connectivity index (χ4n) is 6.20. The van der Waals surface area contributed by atoms with E-state index in [1.165, 1.54) is 6.33 Å². The molecule has 3 aliphatic heterocycles. The highest BCUT2D eigenvalue weighted by Gasteiger charge is 2.49. The molecule has 1 aliphatic carbocycles. The molecule has 3 aromatic heterocycles. The van der Waals surface area contributed by atoms with Crippen LogP contribution in [-0.4, -0.2) is 55.7 Å². The van der Waals surface area contributed by atoms with Crippen LogP contribution in [0.25, 0.3) is 10.2 Å². The van der Waals surface area contributed by atoms with Crippen molar-refractivity contribution in [3.8, 4) is 6.07 Å². The molecule has 3 aromatic rings. The number of aryl methyl sites for hydroxylation is 2. The zero-order valence-electron chi connectivity index (χ0n) is 20.2. The molecule has 1 amide bonds. The van der Waals surface area contributed by atoms with Crippen LogP contribution in [0, 0.1) is 30.1 Å². The summed E-state index contributed by atoms with van der Waals surface area (Å²) in [6, 6.07) is 3.99. The number of pyridine rings is 1. The minimum atomic E-state index is -0.398. The highest BCUT2D eigenvalue weighted by Crippen LogP contribution is 2.45. The fraction of sp³-hybridized carbons (Fsp3) is 0.462. The average Bonchev–Trinajstić information content (AvgIpc) is 3.37. The Balaban J connectivity index is 1.22. The van der Waals surface area contributed by atoms with Gasteiger partial charge in [0, 0.05) is 41.8 Å². The highest BCUT2D eigenvalue weighted by atomic mass is 32.2. The second-order valence-corrected chi connectivity index (χ2v) is 12.7. The Morgan fingerprint density at radius 2 is 2.08 bits per heavy atom. The summed E-state index contributed by atoms with van der Waals surface area (Å²) in [4.78, 5) is 52.1. The van der Waals surface area contributed by atoms with E-state index in [0.717, 1.165) is 50.6 Å². The van der Waals surface area contributed by atoms with E-state index in [1.807, 2.05) is 6.92 Å². The van der Waals surface area contributed by atoms with Crippen molar-refractivity contribution in [3.63, 3.8) is 0 Å². The maximum absolute atomic E-state index is 13.6. The van der Waals surface area contributed by atoms with Crippen molar-refractivity contribution in [1.82, 2.24) is 19.4 Å². The Bertz CT molecular complexity index is 1610. The summed E-state index contributed by atoms with van der Waals surface area (Å²) in [5.74, 6) is 2.20. The van der Waals surface area contributed by atoms with Gasteiger partial charge in [0.1, 0.15) is 22.7 Å². The fourth-order valence-corrected chi connectivity index (χ4v) is 8.61. The first kappa shape index (κ1) is 22.9. The minimum absolute atomic E-state index is 0.0423. The van der Waals surface area contributed by atoms with Crippen LogP contribution in [0.5, 0.6) is 0 Å². The maximum atomic E-state index is 13.6. The van der Waals surface area contributed by atoms with Crippen LogP contribution in [0.15, 0.2) is 17.2 Å². The van der Waals surface area contributed by atoms with Crippen LogP contribution >= 0.6 is 23.1 Å². The molecule has 0 radical (unpaired) electrons. The van der Waals surface area contributed by atoms with Gasteiger partial charge in [-0.15, -0.1) is 11.3 Å². The zero-order chi connectivity index (χ0) is 25.5. The monoisotopic (exact) mass is 532 g/mol. The van der Waals surface area contributed by atoms with Gasteiger partial charge in [-0.2, -0.15) is 17.0 Å². The molecular formula is C26H24N6O3S2. The van der Waals surface area contributed by atoms with Crippen LogP contribution in [0.3, 0.4) is 0 Å². The number of likely N-dealkylation sites (tertiary alicyclic amines) is 1. The van der Waals surface area contributed by atoms with Gasteiger partial charge < -0.3 is 10.2 Å². The zero-order valence-corrected chi connectivity index (χ0v) is 21.9. The highest BCUT2D eigenvalue weighted by molar-refractivity contribution is 8.00. The molecule has 2 saturated heterocycles. The summed E-state index contributed by atoms with van der Waals surface area (Å²) >= 11 is 3.34. The number of fused-ring (bicyclic) bond motifs is 5. The standard InChI is InChI=1S/C26H24N6O3S2/c1-13-4-17(25(35)32-21(13)18(33)6-26(32)10-36-11-26)30-22-20-16-3-2-15(24(34)31-8-14(7-27)9-31)5-19(16)37-23(20)29-12-28-22/h4,12,14-15H,2-3,5-6,8-11H2,1H3,(H,28,29,30)/t15-/m0/s1. The SMILES string of the molecule is Cc1cc(Nc2ncnc3sc4c(c23)CC[C@H](C(=O)N2CC(C#N)C2)C4)c(=O)n2c1C(=O)CC21CSC1. The number of thioether (sulfide) groups is 1. The largest absolute Gasteiger partial charge is 0.340 e. The van der Waals surface area contributed by atoms with E-state index < -0.39 is 5.54 Å². The number of aromatic nitrogens is 3. The van der Waals surface area contributed by atoms with E-state index in [9.17, 15) is 14.4 Å². The third kappa shape index (κ3) is 3.31. The molecule has 1 spiro atoms. The summed E-state index contributed by atoms with van der Waals surface area (Å²) in [7, 11) is 0. The first-order valence-corrected chi connectivity index (χ1v) is 14.4. The van der Waals surface area contributed by atoms with Crippen LogP contribution in [-0.2, 0) is 23.2 Å². The van der Waals surface area contributed by atoms with Crippen molar-refractivity contribution in [2.45, 2.75) is 38.1 Å². The van der Waals surface area contributed by atoms with Gasteiger partial charge in [0.2, 0.25) is 5.91 Å². The van der Waals surface area contributed by atoms with E-state index in [2.05, 4.69) is 21.4 Å². The molecule has 0 aromatic carbocycles. The number of nitrogens with one attached hydrogen (secondary N) is 1. The molecule has 1 atom stereocenters. The summed E-state index contributed by atoms with van der Waals surface area (Å²) in [5.41, 5.74) is 2.31. The van der Waals surface area contributed by atoms with Gasteiger partial charge in [0.25, 0.3) is 5.56 Å². The van der Waals surface area contributed by atoms with Gasteiger partial charge >= 0.3 is 0 Å². The molecule has 7 rings (SSSR count). The van der Waals surface area contributed by atoms with Gasteiger partial charge in [-0.05, 0) is 43.4 Å². The van der Waals surface area contributed by atoms with Gasteiger partial charge in [-0.3, -0.25) is 19.0 Å². The summed E-state index contributed by atoms with van der Waals surface area (Å²) in [5, 5.41) is 13.2. The van der Waals surface area contributed by atoms with Crippen molar-refractivity contribution in [2.75, 3.05) is 29.9 Å². The Hall–Kier alpha value is -3.23. The lowest BCUT2D eigenvalue weighted by Crippen LogP contribution is -2.52. The lowest BCUT2D eigenvalue weighted by atomic mass is 9.85. The average molecular weight is 533 g/mol. The van der Waals surface area contributed by atoms with E-state index in [0.29, 0.717) is 43.1 Å². The van der Waals surface area contributed by atoms with Crippen molar-refractivity contribution in [2.24, 2.45) is 11.8 Å². The van der Waals surface area contributed by atoms with Crippen LogP contribution in [0.1, 0.15) is 39.3 Å². The number of ketones is 1. The number of Topliss-reactive ketones (excluding diaryl/α,β-unsaturated/α-hetero) is 1. The molecule has 4 aliphatic rings. The second-order valence-electron chi connectivity index (χ2n) is 10.6. The number of carbonyl (C=O) groups excluding carboxylic acids is 2. The third-order valence-corrected chi connectivity index (χ3v) is 10.8. The Kier molecular flexibility index (Phi) is 5.04. The molecule has 6 heterocycles. The van der Waals surface area contributed by atoms with E-state index in [-0.39, 0.29) is 29.1 Å². The summed E-state index contributed by atoms with van der Waals surface area (Å²) in [6.07, 6.45) is 4.03. The lowest BCUT2D eigenvalue weighted by molar-refractivity contribution is -0.141.